The van der Waals surface area contributed by atoms with Gasteiger partial charge in [0.15, 0.2) is 0 Å². The minimum atomic E-state index is 0.336. The van der Waals surface area contributed by atoms with Crippen LogP contribution in [0.2, 0.25) is 0 Å². The summed E-state index contributed by atoms with van der Waals surface area (Å²) in [6, 6.07) is 13.7. The molecule has 18 heavy (non-hydrogen) atoms. The predicted molar refractivity (Wildman–Crippen MR) is 71.1 cm³/mol. The summed E-state index contributed by atoms with van der Waals surface area (Å²) in [7, 11) is 0. The van der Waals surface area contributed by atoms with Crippen molar-refractivity contribution < 1.29 is 9.84 Å². The first-order chi connectivity index (χ1) is 8.83. The van der Waals surface area contributed by atoms with Crippen molar-refractivity contribution >= 4 is 5.69 Å². The molecule has 0 saturated heterocycles. The monoisotopic (exact) mass is 241 g/mol. The van der Waals surface area contributed by atoms with E-state index in [0.717, 1.165) is 29.0 Å². The summed E-state index contributed by atoms with van der Waals surface area (Å²) in [6.07, 6.45) is 0.884. The van der Waals surface area contributed by atoms with Crippen molar-refractivity contribution in [1.29, 1.82) is 0 Å². The fraction of sp³-hybridized carbons (Fsp3) is 0.200. The Bertz CT molecular complexity index is 552. The molecule has 1 aliphatic rings. The van der Waals surface area contributed by atoms with Gasteiger partial charge in [-0.3, -0.25) is 0 Å². The Labute approximate surface area is 106 Å². The molecule has 0 aliphatic carbocycles. The Balaban J connectivity index is 1.77. The number of para-hydroxylation sites is 1. The first-order valence-corrected chi connectivity index (χ1v) is 6.09. The van der Waals surface area contributed by atoms with Crippen molar-refractivity contribution in [1.82, 2.24) is 0 Å². The van der Waals surface area contributed by atoms with Crippen molar-refractivity contribution in [3.8, 4) is 11.5 Å². The number of aromatic hydroxyl groups is 1. The number of anilines is 1. The second-order valence-electron chi connectivity index (χ2n) is 4.41. The zero-order valence-electron chi connectivity index (χ0n) is 10.0. The maximum Gasteiger partial charge on any atom is 0.123 e. The van der Waals surface area contributed by atoms with Gasteiger partial charge in [0.2, 0.25) is 0 Å². The first-order valence-electron chi connectivity index (χ1n) is 6.09. The maximum atomic E-state index is 9.96. The van der Waals surface area contributed by atoms with Gasteiger partial charge in [-0.15, -0.1) is 0 Å². The van der Waals surface area contributed by atoms with Gasteiger partial charge in [0.05, 0.1) is 6.61 Å². The second kappa shape index (κ2) is 4.61. The van der Waals surface area contributed by atoms with Crippen LogP contribution in [-0.4, -0.2) is 11.7 Å². The Kier molecular flexibility index (Phi) is 2.81. The maximum absolute atomic E-state index is 9.96. The van der Waals surface area contributed by atoms with E-state index in [0.29, 0.717) is 18.9 Å². The Morgan fingerprint density at radius 1 is 1.17 bits per heavy atom. The van der Waals surface area contributed by atoms with Gasteiger partial charge in [0.25, 0.3) is 0 Å². The number of hydrogen-bond acceptors (Lipinski definition) is 3. The van der Waals surface area contributed by atoms with E-state index in [9.17, 15) is 5.11 Å². The molecular weight excluding hydrogens is 226 g/mol. The molecule has 0 unspecified atom stereocenters. The third kappa shape index (κ3) is 2.12. The molecule has 0 bridgehead atoms. The average Bonchev–Trinajstić information content (AvgIpc) is 2.84. The number of rotatable bonds is 3. The minimum absolute atomic E-state index is 0.336. The third-order valence-electron chi connectivity index (χ3n) is 3.15. The van der Waals surface area contributed by atoms with Crippen molar-refractivity contribution in [2.45, 2.75) is 13.0 Å². The number of nitrogens with one attached hydrogen (secondary N) is 1. The number of hydrogen-bond donors (Lipinski definition) is 2. The van der Waals surface area contributed by atoms with Gasteiger partial charge in [0, 0.05) is 29.8 Å². The predicted octanol–water partition coefficient (Wildman–Crippen LogP) is 2.94. The third-order valence-corrected chi connectivity index (χ3v) is 3.15. The molecule has 0 saturated carbocycles. The van der Waals surface area contributed by atoms with Crippen LogP contribution in [0.15, 0.2) is 42.5 Å². The molecule has 2 aromatic carbocycles. The van der Waals surface area contributed by atoms with Crippen molar-refractivity contribution in [2.75, 3.05) is 11.9 Å². The smallest absolute Gasteiger partial charge is 0.123 e. The highest BCUT2D eigenvalue weighted by atomic mass is 16.5. The molecule has 0 spiro atoms. The van der Waals surface area contributed by atoms with Crippen molar-refractivity contribution in [2.24, 2.45) is 0 Å². The molecule has 0 radical (unpaired) electrons. The molecule has 3 rings (SSSR count). The van der Waals surface area contributed by atoms with Crippen LogP contribution in [0.25, 0.3) is 0 Å². The highest BCUT2D eigenvalue weighted by molar-refractivity contribution is 5.50. The molecule has 1 aliphatic heterocycles. The molecule has 0 amide bonds. The molecule has 0 fully saturated rings. The molecule has 3 nitrogen and oxygen atoms in total. The molecule has 2 aromatic rings. The standard InChI is InChI=1S/C15H15NO2/c17-14-8-11-6-7-18-15(11)9-12(14)10-16-13-4-2-1-3-5-13/h1-5,8-9,16-17H,6-7,10H2. The molecule has 0 aromatic heterocycles. The summed E-state index contributed by atoms with van der Waals surface area (Å²) in [4.78, 5) is 0. The van der Waals surface area contributed by atoms with E-state index >= 15 is 0 Å². The van der Waals surface area contributed by atoms with E-state index in [1.165, 1.54) is 0 Å². The summed E-state index contributed by atoms with van der Waals surface area (Å²) < 4.78 is 5.51. The van der Waals surface area contributed by atoms with Gasteiger partial charge < -0.3 is 15.2 Å². The van der Waals surface area contributed by atoms with E-state index in [1.807, 2.05) is 42.5 Å². The van der Waals surface area contributed by atoms with Crippen LogP contribution in [0.3, 0.4) is 0 Å². The van der Waals surface area contributed by atoms with E-state index < -0.39 is 0 Å². The number of phenols is 1. The van der Waals surface area contributed by atoms with Crippen LogP contribution in [0, 0.1) is 0 Å². The molecule has 3 heteroatoms. The number of ether oxygens (including phenoxy) is 1. The largest absolute Gasteiger partial charge is 0.508 e. The first kappa shape index (κ1) is 11.0. The van der Waals surface area contributed by atoms with Crippen LogP contribution in [0.1, 0.15) is 11.1 Å². The Morgan fingerprint density at radius 3 is 2.83 bits per heavy atom. The van der Waals surface area contributed by atoms with Gasteiger partial charge in [0.1, 0.15) is 11.5 Å². The lowest BCUT2D eigenvalue weighted by atomic mass is 10.1. The van der Waals surface area contributed by atoms with Gasteiger partial charge >= 0.3 is 0 Å². The molecular formula is C15H15NO2. The lowest BCUT2D eigenvalue weighted by Gasteiger charge is -2.10. The van der Waals surface area contributed by atoms with Crippen LogP contribution in [-0.2, 0) is 13.0 Å². The van der Waals surface area contributed by atoms with E-state index in [-0.39, 0.29) is 0 Å². The van der Waals surface area contributed by atoms with Gasteiger partial charge in [-0.25, -0.2) is 0 Å². The normalized spacial score (nSPS) is 12.9. The molecule has 0 atom stereocenters. The summed E-state index contributed by atoms with van der Waals surface area (Å²) in [5.74, 6) is 1.24. The van der Waals surface area contributed by atoms with Crippen LogP contribution >= 0.6 is 0 Å². The number of phenolic OH excluding ortho intramolecular Hbond substituents is 1. The highest BCUT2D eigenvalue weighted by Crippen LogP contribution is 2.32. The van der Waals surface area contributed by atoms with E-state index in [4.69, 9.17) is 4.74 Å². The van der Waals surface area contributed by atoms with E-state index in [2.05, 4.69) is 5.32 Å². The summed E-state index contributed by atoms with van der Waals surface area (Å²) in [5, 5.41) is 13.2. The lowest BCUT2D eigenvalue weighted by molar-refractivity contribution is 0.356. The highest BCUT2D eigenvalue weighted by Gasteiger charge is 2.15. The fourth-order valence-corrected chi connectivity index (χ4v) is 2.15. The molecule has 2 N–H and O–H groups in total. The molecule has 1 heterocycles. The van der Waals surface area contributed by atoms with Crippen LogP contribution in [0.4, 0.5) is 5.69 Å². The van der Waals surface area contributed by atoms with Crippen LogP contribution in [0.5, 0.6) is 11.5 Å². The topological polar surface area (TPSA) is 41.5 Å². The Hall–Kier alpha value is -2.16. The lowest BCUT2D eigenvalue weighted by Crippen LogP contribution is -1.99. The van der Waals surface area contributed by atoms with Crippen LogP contribution < -0.4 is 10.1 Å². The van der Waals surface area contributed by atoms with Gasteiger partial charge in [-0.1, -0.05) is 18.2 Å². The minimum Gasteiger partial charge on any atom is -0.508 e. The zero-order valence-corrected chi connectivity index (χ0v) is 10.0. The zero-order chi connectivity index (χ0) is 12.4. The molecule has 92 valence electrons. The van der Waals surface area contributed by atoms with Crippen molar-refractivity contribution in [3.05, 3.63) is 53.6 Å². The Morgan fingerprint density at radius 2 is 2.00 bits per heavy atom. The van der Waals surface area contributed by atoms with Gasteiger partial charge in [-0.2, -0.15) is 0 Å². The summed E-state index contributed by atoms with van der Waals surface area (Å²) in [6.45, 7) is 1.30. The fourth-order valence-electron chi connectivity index (χ4n) is 2.15. The van der Waals surface area contributed by atoms with E-state index in [1.54, 1.807) is 0 Å². The average molecular weight is 241 g/mol. The number of benzene rings is 2. The summed E-state index contributed by atoms with van der Waals surface area (Å²) in [5.41, 5.74) is 2.99. The number of fused-ring (bicyclic) bond motifs is 1. The van der Waals surface area contributed by atoms with Crippen molar-refractivity contribution in [3.63, 3.8) is 0 Å². The summed E-state index contributed by atoms with van der Waals surface area (Å²) >= 11 is 0. The SMILES string of the molecule is Oc1cc2c(cc1CNc1ccccc1)OCC2. The quantitative estimate of drug-likeness (QED) is 0.868. The second-order valence-corrected chi connectivity index (χ2v) is 4.41. The van der Waals surface area contributed by atoms with Gasteiger partial charge in [-0.05, 0) is 24.3 Å².